The van der Waals surface area contributed by atoms with Crippen LogP contribution < -0.4 is 4.74 Å². The summed E-state index contributed by atoms with van der Waals surface area (Å²) in [4.78, 5) is 0.599. The van der Waals surface area contributed by atoms with E-state index in [1.165, 1.54) is 0 Å². The molecule has 1 aliphatic heterocycles. The molecule has 1 fully saturated rings. The van der Waals surface area contributed by atoms with Crippen LogP contribution >= 0.6 is 12.6 Å². The second-order valence-electron chi connectivity index (χ2n) is 4.27. The molecular formula is C12H16O5S. The Morgan fingerprint density at radius 3 is 2.44 bits per heavy atom. The van der Waals surface area contributed by atoms with Gasteiger partial charge in [-0.25, -0.2) is 0 Å². The molecule has 5 atom stereocenters. The molecule has 1 unspecified atom stereocenters. The van der Waals surface area contributed by atoms with Gasteiger partial charge < -0.3 is 24.8 Å². The van der Waals surface area contributed by atoms with Crippen LogP contribution in [0.1, 0.15) is 6.92 Å². The van der Waals surface area contributed by atoms with Crippen molar-refractivity contribution in [2.45, 2.75) is 42.5 Å². The van der Waals surface area contributed by atoms with Crippen LogP contribution in [-0.2, 0) is 4.74 Å². The van der Waals surface area contributed by atoms with Gasteiger partial charge in [-0.15, -0.1) is 12.6 Å². The van der Waals surface area contributed by atoms with Crippen molar-refractivity contribution in [3.63, 3.8) is 0 Å². The van der Waals surface area contributed by atoms with Crippen LogP contribution in [0.25, 0.3) is 0 Å². The van der Waals surface area contributed by atoms with E-state index in [1.54, 1.807) is 31.2 Å². The summed E-state index contributed by atoms with van der Waals surface area (Å²) >= 11 is 4.22. The second-order valence-corrected chi connectivity index (χ2v) is 4.75. The second kappa shape index (κ2) is 5.46. The molecule has 0 bridgehead atoms. The van der Waals surface area contributed by atoms with Crippen molar-refractivity contribution < 1.29 is 24.8 Å². The zero-order chi connectivity index (χ0) is 13.3. The van der Waals surface area contributed by atoms with E-state index in [1.807, 2.05) is 0 Å². The molecule has 18 heavy (non-hydrogen) atoms. The molecule has 1 aromatic rings. The summed E-state index contributed by atoms with van der Waals surface area (Å²) in [6.45, 7) is 1.60. The molecule has 0 saturated carbocycles. The monoisotopic (exact) mass is 272 g/mol. The van der Waals surface area contributed by atoms with Crippen LogP contribution in [0.5, 0.6) is 5.75 Å². The number of benzene rings is 1. The van der Waals surface area contributed by atoms with Crippen molar-refractivity contribution in [1.29, 1.82) is 0 Å². The number of ether oxygens (including phenoxy) is 2. The van der Waals surface area contributed by atoms with Crippen molar-refractivity contribution in [3.05, 3.63) is 24.3 Å². The van der Waals surface area contributed by atoms with E-state index in [-0.39, 0.29) is 0 Å². The van der Waals surface area contributed by atoms with E-state index in [4.69, 9.17) is 9.47 Å². The predicted molar refractivity (Wildman–Crippen MR) is 66.7 cm³/mol. The molecule has 6 heteroatoms. The van der Waals surface area contributed by atoms with Crippen molar-refractivity contribution >= 4 is 12.6 Å². The Hall–Kier alpha value is -0.790. The number of hydrogen-bond acceptors (Lipinski definition) is 6. The minimum Gasteiger partial charge on any atom is -0.461 e. The zero-order valence-corrected chi connectivity index (χ0v) is 10.7. The maximum Gasteiger partial charge on any atom is 0.229 e. The van der Waals surface area contributed by atoms with Gasteiger partial charge in [-0.2, -0.15) is 0 Å². The molecule has 3 N–H and O–H groups in total. The Balaban J connectivity index is 2.12. The highest BCUT2D eigenvalue weighted by atomic mass is 32.1. The van der Waals surface area contributed by atoms with Gasteiger partial charge in [0.25, 0.3) is 0 Å². The Morgan fingerprint density at radius 2 is 1.78 bits per heavy atom. The molecule has 1 aliphatic rings. The minimum atomic E-state index is -1.32. The van der Waals surface area contributed by atoms with E-state index in [2.05, 4.69) is 12.6 Å². The molecule has 1 saturated heterocycles. The summed E-state index contributed by atoms with van der Waals surface area (Å²) in [6, 6.07) is 6.98. The van der Waals surface area contributed by atoms with E-state index in [9.17, 15) is 15.3 Å². The van der Waals surface area contributed by atoms with Crippen molar-refractivity contribution in [1.82, 2.24) is 0 Å². The van der Waals surface area contributed by atoms with Gasteiger partial charge in [0.2, 0.25) is 6.29 Å². The lowest BCUT2D eigenvalue weighted by Crippen LogP contribution is -2.58. The highest BCUT2D eigenvalue weighted by Crippen LogP contribution is 2.27. The molecule has 0 aliphatic carbocycles. The molecule has 100 valence electrons. The third-order valence-electron chi connectivity index (χ3n) is 2.92. The summed E-state index contributed by atoms with van der Waals surface area (Å²) in [6.07, 6.45) is -5.41. The molecular weight excluding hydrogens is 256 g/mol. The van der Waals surface area contributed by atoms with Crippen LogP contribution in [0.2, 0.25) is 0 Å². The first-order chi connectivity index (χ1) is 8.50. The van der Waals surface area contributed by atoms with Gasteiger partial charge in [0, 0.05) is 4.90 Å². The smallest absolute Gasteiger partial charge is 0.229 e. The van der Waals surface area contributed by atoms with E-state index >= 15 is 0 Å². The van der Waals surface area contributed by atoms with Gasteiger partial charge in [-0.3, -0.25) is 0 Å². The minimum absolute atomic E-state index is 0.445. The maximum atomic E-state index is 9.79. The normalized spacial score (nSPS) is 36.4. The SMILES string of the molecule is C[C@H]1OC(Oc2ccccc2S)[C@@H](O)[C@@H](O)[C@@H]1O. The van der Waals surface area contributed by atoms with Gasteiger partial charge in [0.05, 0.1) is 6.10 Å². The van der Waals surface area contributed by atoms with Gasteiger partial charge in [-0.1, -0.05) is 12.1 Å². The summed E-state index contributed by atoms with van der Waals surface area (Å²) < 4.78 is 10.8. The third-order valence-corrected chi connectivity index (χ3v) is 3.29. The number of rotatable bonds is 2. The van der Waals surface area contributed by atoms with E-state index in [0.717, 1.165) is 0 Å². The Kier molecular flexibility index (Phi) is 4.14. The quantitative estimate of drug-likeness (QED) is 0.578. The number of hydrogen-bond donors (Lipinski definition) is 4. The lowest BCUT2D eigenvalue weighted by atomic mass is 10.00. The summed E-state index contributed by atoms with van der Waals surface area (Å²) in [5.41, 5.74) is 0. The fraction of sp³-hybridized carbons (Fsp3) is 0.500. The molecule has 0 aromatic heterocycles. The fourth-order valence-electron chi connectivity index (χ4n) is 1.79. The van der Waals surface area contributed by atoms with Crippen molar-refractivity contribution in [3.8, 4) is 5.75 Å². The van der Waals surface area contributed by atoms with Gasteiger partial charge in [-0.05, 0) is 19.1 Å². The number of para-hydroxylation sites is 1. The Bertz CT molecular complexity index is 413. The Morgan fingerprint density at radius 1 is 1.11 bits per heavy atom. The van der Waals surface area contributed by atoms with E-state index in [0.29, 0.717) is 10.6 Å². The van der Waals surface area contributed by atoms with Gasteiger partial charge in [0.1, 0.15) is 24.1 Å². The first-order valence-electron chi connectivity index (χ1n) is 5.65. The van der Waals surface area contributed by atoms with Crippen LogP contribution in [0.3, 0.4) is 0 Å². The molecule has 2 rings (SSSR count). The number of aliphatic hydroxyl groups is 3. The summed E-state index contributed by atoms with van der Waals surface area (Å²) in [5, 5.41) is 29.0. The topological polar surface area (TPSA) is 79.2 Å². The lowest BCUT2D eigenvalue weighted by Gasteiger charge is -2.39. The number of aliphatic hydroxyl groups excluding tert-OH is 3. The largest absolute Gasteiger partial charge is 0.461 e. The average Bonchev–Trinajstić information content (AvgIpc) is 2.36. The standard InChI is InChI=1S/C12H16O5S/c1-6-9(13)10(14)11(15)12(16-6)17-7-4-2-3-5-8(7)18/h2-6,9-15,18H,1H3/t6-,9-,10+,11+,12?/m1/s1. The molecule has 0 amide bonds. The van der Waals surface area contributed by atoms with Gasteiger partial charge >= 0.3 is 0 Å². The highest BCUT2D eigenvalue weighted by molar-refractivity contribution is 7.80. The highest BCUT2D eigenvalue weighted by Gasteiger charge is 2.43. The molecule has 5 nitrogen and oxygen atoms in total. The van der Waals surface area contributed by atoms with E-state index < -0.39 is 30.7 Å². The molecule has 1 aromatic carbocycles. The first kappa shape index (κ1) is 13.6. The predicted octanol–water partition coefficient (Wildman–Crippen LogP) is 0.182. The van der Waals surface area contributed by atoms with Crippen LogP contribution in [0.4, 0.5) is 0 Å². The maximum absolute atomic E-state index is 9.79. The third kappa shape index (κ3) is 2.62. The summed E-state index contributed by atoms with van der Waals surface area (Å²) in [7, 11) is 0. The lowest BCUT2D eigenvalue weighted by molar-refractivity contribution is -0.268. The van der Waals surface area contributed by atoms with Crippen LogP contribution in [0, 0.1) is 0 Å². The van der Waals surface area contributed by atoms with Crippen molar-refractivity contribution in [2.75, 3.05) is 0 Å². The van der Waals surface area contributed by atoms with Gasteiger partial charge in [0.15, 0.2) is 0 Å². The molecule has 0 spiro atoms. The average molecular weight is 272 g/mol. The van der Waals surface area contributed by atoms with Crippen LogP contribution in [-0.4, -0.2) is 46.0 Å². The summed E-state index contributed by atoms with van der Waals surface area (Å²) in [5.74, 6) is 0.445. The molecule has 0 radical (unpaired) electrons. The molecule has 1 heterocycles. The zero-order valence-electron chi connectivity index (χ0n) is 9.80. The Labute approximate surface area is 110 Å². The number of thiol groups is 1. The first-order valence-corrected chi connectivity index (χ1v) is 6.09. The fourth-order valence-corrected chi connectivity index (χ4v) is 2.01. The van der Waals surface area contributed by atoms with Crippen LogP contribution in [0.15, 0.2) is 29.2 Å². The van der Waals surface area contributed by atoms with Crippen molar-refractivity contribution in [2.24, 2.45) is 0 Å².